The molecular weight excluding hydrogens is 333 g/mol. The van der Waals surface area contributed by atoms with Crippen molar-refractivity contribution in [2.24, 2.45) is 5.10 Å². The number of hydrogen-bond donors (Lipinski definition) is 1. The number of rotatable bonds is 5. The van der Waals surface area contributed by atoms with E-state index in [1.807, 2.05) is 0 Å². The molecule has 136 valence electrons. The van der Waals surface area contributed by atoms with Crippen molar-refractivity contribution in [2.75, 3.05) is 41.4 Å². The van der Waals surface area contributed by atoms with Crippen LogP contribution in [0, 0.1) is 5.82 Å². The van der Waals surface area contributed by atoms with E-state index >= 15 is 0 Å². The van der Waals surface area contributed by atoms with E-state index in [0.717, 1.165) is 51.9 Å². The van der Waals surface area contributed by atoms with Gasteiger partial charge in [-0.2, -0.15) is 20.1 Å². The molecule has 0 saturated carbocycles. The van der Waals surface area contributed by atoms with Crippen molar-refractivity contribution in [3.63, 3.8) is 0 Å². The lowest BCUT2D eigenvalue weighted by Gasteiger charge is -2.20. The maximum absolute atomic E-state index is 13.2. The van der Waals surface area contributed by atoms with Gasteiger partial charge in [0.25, 0.3) is 0 Å². The van der Waals surface area contributed by atoms with E-state index in [1.54, 1.807) is 18.3 Å². The van der Waals surface area contributed by atoms with Crippen LogP contribution in [0.4, 0.5) is 22.2 Å². The molecule has 1 N–H and O–H groups in total. The first-order chi connectivity index (χ1) is 12.8. The quantitative estimate of drug-likeness (QED) is 0.657. The second-order valence-corrected chi connectivity index (χ2v) is 6.57. The minimum absolute atomic E-state index is 0.290. The van der Waals surface area contributed by atoms with E-state index in [2.05, 4.69) is 35.3 Å². The molecule has 0 bridgehead atoms. The SMILES string of the molecule is Fc1cccc(C=NNc2nc(N3CCCC3)nc(N3CCCC3)n2)c1. The zero-order valence-electron chi connectivity index (χ0n) is 14.6. The van der Waals surface area contributed by atoms with Gasteiger partial charge in [-0.15, -0.1) is 0 Å². The molecule has 3 heterocycles. The fraction of sp³-hybridized carbons (Fsp3) is 0.444. The van der Waals surface area contributed by atoms with Gasteiger partial charge in [-0.1, -0.05) is 12.1 Å². The molecular formula is C18H22FN7. The fourth-order valence-corrected chi connectivity index (χ4v) is 3.27. The van der Waals surface area contributed by atoms with E-state index in [-0.39, 0.29) is 5.82 Å². The van der Waals surface area contributed by atoms with Crippen molar-refractivity contribution in [1.82, 2.24) is 15.0 Å². The van der Waals surface area contributed by atoms with Gasteiger partial charge in [0.05, 0.1) is 6.21 Å². The molecule has 0 radical (unpaired) electrons. The first kappa shape index (κ1) is 16.7. The number of anilines is 3. The van der Waals surface area contributed by atoms with Crippen molar-refractivity contribution in [3.8, 4) is 0 Å². The Labute approximate surface area is 152 Å². The Morgan fingerprint density at radius 1 is 0.923 bits per heavy atom. The second kappa shape index (κ2) is 7.63. The van der Waals surface area contributed by atoms with Gasteiger partial charge in [0, 0.05) is 26.2 Å². The smallest absolute Gasteiger partial charge is 0.250 e. The maximum Gasteiger partial charge on any atom is 0.250 e. The van der Waals surface area contributed by atoms with Crippen LogP contribution in [-0.4, -0.2) is 47.3 Å². The Kier molecular flexibility index (Phi) is 4.90. The Balaban J connectivity index is 1.55. The highest BCUT2D eigenvalue weighted by Crippen LogP contribution is 2.22. The predicted octanol–water partition coefficient (Wildman–Crippen LogP) is 2.66. The third-order valence-corrected chi connectivity index (χ3v) is 4.62. The first-order valence-corrected chi connectivity index (χ1v) is 9.08. The van der Waals surface area contributed by atoms with Gasteiger partial charge in [-0.05, 0) is 43.4 Å². The molecule has 2 aromatic rings. The molecule has 2 fully saturated rings. The van der Waals surface area contributed by atoms with Crippen LogP contribution >= 0.6 is 0 Å². The molecule has 0 spiro atoms. The Bertz CT molecular complexity index is 749. The third kappa shape index (κ3) is 3.89. The van der Waals surface area contributed by atoms with Crippen LogP contribution < -0.4 is 15.2 Å². The maximum atomic E-state index is 13.2. The zero-order chi connectivity index (χ0) is 17.8. The van der Waals surface area contributed by atoms with Crippen molar-refractivity contribution < 1.29 is 4.39 Å². The topological polar surface area (TPSA) is 69.5 Å². The summed E-state index contributed by atoms with van der Waals surface area (Å²) in [6, 6.07) is 6.26. The average Bonchev–Trinajstić information content (AvgIpc) is 3.36. The summed E-state index contributed by atoms with van der Waals surface area (Å²) >= 11 is 0. The molecule has 2 aliphatic rings. The Hall–Kier alpha value is -2.77. The number of nitrogens with one attached hydrogen (secondary N) is 1. The Morgan fingerprint density at radius 3 is 2.12 bits per heavy atom. The largest absolute Gasteiger partial charge is 0.341 e. The zero-order valence-corrected chi connectivity index (χ0v) is 14.6. The molecule has 0 atom stereocenters. The molecule has 0 aliphatic carbocycles. The molecule has 2 aliphatic heterocycles. The van der Waals surface area contributed by atoms with Crippen LogP contribution in [0.3, 0.4) is 0 Å². The average molecular weight is 355 g/mol. The number of aromatic nitrogens is 3. The summed E-state index contributed by atoms with van der Waals surface area (Å²) in [7, 11) is 0. The molecule has 0 unspecified atom stereocenters. The van der Waals surface area contributed by atoms with Crippen molar-refractivity contribution in [2.45, 2.75) is 25.7 Å². The summed E-state index contributed by atoms with van der Waals surface area (Å²) in [5.41, 5.74) is 3.54. The lowest BCUT2D eigenvalue weighted by atomic mass is 10.2. The highest BCUT2D eigenvalue weighted by Gasteiger charge is 2.21. The second-order valence-electron chi connectivity index (χ2n) is 6.57. The van der Waals surface area contributed by atoms with Crippen LogP contribution in [-0.2, 0) is 0 Å². The molecule has 1 aromatic heterocycles. The highest BCUT2D eigenvalue weighted by atomic mass is 19.1. The van der Waals surface area contributed by atoms with E-state index in [0.29, 0.717) is 23.4 Å². The van der Waals surface area contributed by atoms with Crippen LogP contribution in [0.1, 0.15) is 31.2 Å². The summed E-state index contributed by atoms with van der Waals surface area (Å²) in [5.74, 6) is 1.52. The minimum Gasteiger partial charge on any atom is -0.341 e. The van der Waals surface area contributed by atoms with Gasteiger partial charge < -0.3 is 9.80 Å². The normalized spacial score (nSPS) is 17.4. The minimum atomic E-state index is -0.290. The summed E-state index contributed by atoms with van der Waals surface area (Å²) in [6.45, 7) is 3.87. The number of halogens is 1. The van der Waals surface area contributed by atoms with Crippen LogP contribution in [0.5, 0.6) is 0 Å². The molecule has 4 rings (SSSR count). The van der Waals surface area contributed by atoms with Crippen molar-refractivity contribution >= 4 is 24.1 Å². The van der Waals surface area contributed by atoms with Gasteiger partial charge in [0.15, 0.2) is 0 Å². The number of hydrazone groups is 1. The molecule has 26 heavy (non-hydrogen) atoms. The van der Waals surface area contributed by atoms with Crippen molar-refractivity contribution in [3.05, 3.63) is 35.6 Å². The lowest BCUT2D eigenvalue weighted by molar-refractivity contribution is 0.627. The van der Waals surface area contributed by atoms with Crippen LogP contribution in [0.15, 0.2) is 29.4 Å². The Morgan fingerprint density at radius 2 is 1.54 bits per heavy atom. The van der Waals surface area contributed by atoms with E-state index in [1.165, 1.54) is 12.1 Å². The van der Waals surface area contributed by atoms with E-state index in [4.69, 9.17) is 0 Å². The standard InChI is InChI=1S/C18H22FN7/c19-15-7-5-6-14(12-15)13-20-24-16-21-17(25-8-1-2-9-25)23-18(22-16)26-10-3-4-11-26/h5-7,12-13H,1-4,8-11H2,(H,21,22,23,24). The molecule has 0 amide bonds. The number of nitrogens with zero attached hydrogens (tertiary/aromatic N) is 6. The molecule has 7 nitrogen and oxygen atoms in total. The highest BCUT2D eigenvalue weighted by molar-refractivity contribution is 5.79. The molecule has 1 aromatic carbocycles. The monoisotopic (exact) mass is 355 g/mol. The number of benzene rings is 1. The third-order valence-electron chi connectivity index (χ3n) is 4.62. The van der Waals surface area contributed by atoms with Gasteiger partial charge >= 0.3 is 0 Å². The van der Waals surface area contributed by atoms with Crippen LogP contribution in [0.2, 0.25) is 0 Å². The van der Waals surface area contributed by atoms with Crippen molar-refractivity contribution in [1.29, 1.82) is 0 Å². The summed E-state index contributed by atoms with van der Waals surface area (Å²) in [5, 5.41) is 4.16. The number of hydrogen-bond acceptors (Lipinski definition) is 7. The first-order valence-electron chi connectivity index (χ1n) is 9.08. The van der Waals surface area contributed by atoms with Crippen LogP contribution in [0.25, 0.3) is 0 Å². The van der Waals surface area contributed by atoms with E-state index < -0.39 is 0 Å². The summed E-state index contributed by atoms with van der Waals surface area (Å²) < 4.78 is 13.2. The summed E-state index contributed by atoms with van der Waals surface area (Å²) in [4.78, 5) is 18.1. The van der Waals surface area contributed by atoms with Gasteiger partial charge in [-0.3, -0.25) is 0 Å². The van der Waals surface area contributed by atoms with Gasteiger partial charge in [0.1, 0.15) is 5.82 Å². The summed E-state index contributed by atoms with van der Waals surface area (Å²) in [6.07, 6.45) is 6.19. The molecule has 8 heteroatoms. The van der Waals surface area contributed by atoms with Gasteiger partial charge in [-0.25, -0.2) is 9.82 Å². The predicted molar refractivity (Wildman–Crippen MR) is 100 cm³/mol. The van der Waals surface area contributed by atoms with E-state index in [9.17, 15) is 4.39 Å². The lowest BCUT2D eigenvalue weighted by Crippen LogP contribution is -2.25. The molecule has 2 saturated heterocycles. The van der Waals surface area contributed by atoms with Gasteiger partial charge in [0.2, 0.25) is 17.8 Å². The fourth-order valence-electron chi connectivity index (χ4n) is 3.27.